The quantitative estimate of drug-likeness (QED) is 0.717. The molecule has 1 atom stereocenters. The van der Waals surface area contributed by atoms with E-state index in [0.29, 0.717) is 11.5 Å². The lowest BCUT2D eigenvalue weighted by molar-refractivity contribution is 0.354. The number of methoxy groups -OCH3 is 2. The highest BCUT2D eigenvalue weighted by Crippen LogP contribution is 2.33. The smallest absolute Gasteiger partial charge is 0.161 e. The van der Waals surface area contributed by atoms with Crippen LogP contribution >= 0.6 is 38.5 Å². The molecule has 0 aliphatic rings. The van der Waals surface area contributed by atoms with Crippen molar-refractivity contribution in [2.45, 2.75) is 6.04 Å². The average Bonchev–Trinajstić information content (AvgIpc) is 2.48. The molecule has 0 saturated carbocycles. The highest BCUT2D eigenvalue weighted by Gasteiger charge is 2.15. The molecule has 0 amide bonds. The van der Waals surface area contributed by atoms with Gasteiger partial charge in [-0.1, -0.05) is 22.0 Å². The van der Waals surface area contributed by atoms with E-state index >= 15 is 0 Å². The van der Waals surface area contributed by atoms with Gasteiger partial charge >= 0.3 is 0 Å². The van der Waals surface area contributed by atoms with Crippen molar-refractivity contribution in [2.75, 3.05) is 14.2 Å². The molecule has 2 rings (SSSR count). The molecule has 0 aliphatic carbocycles. The third kappa shape index (κ3) is 3.27. The summed E-state index contributed by atoms with van der Waals surface area (Å²) in [6, 6.07) is 11.6. The fourth-order valence-electron chi connectivity index (χ4n) is 1.98. The minimum absolute atomic E-state index is 0.223. The lowest BCUT2D eigenvalue weighted by Crippen LogP contribution is -2.13. The molecule has 0 aromatic heterocycles. The third-order valence-corrected chi connectivity index (χ3v) is 4.45. The molecule has 0 fully saturated rings. The van der Waals surface area contributed by atoms with Crippen molar-refractivity contribution in [1.82, 2.24) is 0 Å². The Morgan fingerprint density at radius 1 is 1.05 bits per heavy atom. The number of hydrogen-bond donors (Lipinski definition) is 1. The van der Waals surface area contributed by atoms with Gasteiger partial charge in [0.2, 0.25) is 0 Å². The van der Waals surface area contributed by atoms with Crippen LogP contribution in [0.15, 0.2) is 40.9 Å². The van der Waals surface area contributed by atoms with Crippen molar-refractivity contribution in [3.8, 4) is 11.5 Å². The Bertz CT molecular complexity index is 619. The van der Waals surface area contributed by atoms with Crippen LogP contribution in [0.25, 0.3) is 0 Å². The van der Waals surface area contributed by atoms with Crippen LogP contribution in [0, 0.1) is 3.57 Å². The van der Waals surface area contributed by atoms with E-state index in [2.05, 4.69) is 44.6 Å². The third-order valence-electron chi connectivity index (χ3n) is 3.06. The van der Waals surface area contributed by atoms with Crippen molar-refractivity contribution >= 4 is 38.5 Å². The number of benzene rings is 2. The molecule has 0 bridgehead atoms. The lowest BCUT2D eigenvalue weighted by atomic mass is 9.99. The molecule has 1 unspecified atom stereocenters. The molecule has 0 radical (unpaired) electrons. The van der Waals surface area contributed by atoms with E-state index < -0.39 is 0 Å². The Labute approximate surface area is 140 Å². The van der Waals surface area contributed by atoms with Crippen LogP contribution in [-0.4, -0.2) is 14.2 Å². The van der Waals surface area contributed by atoms with Crippen LogP contribution < -0.4 is 15.2 Å². The van der Waals surface area contributed by atoms with Gasteiger partial charge in [0.1, 0.15) is 0 Å². The molecular weight excluding hydrogens is 433 g/mol. The first-order valence-corrected chi connectivity index (χ1v) is 7.86. The van der Waals surface area contributed by atoms with E-state index in [1.54, 1.807) is 14.2 Å². The average molecular weight is 448 g/mol. The summed E-state index contributed by atoms with van der Waals surface area (Å²) >= 11 is 5.83. The molecule has 0 aliphatic heterocycles. The van der Waals surface area contributed by atoms with Gasteiger partial charge in [-0.05, 0) is 64.0 Å². The fraction of sp³-hybridized carbons (Fsp3) is 0.200. The van der Waals surface area contributed by atoms with Crippen LogP contribution in [0.3, 0.4) is 0 Å². The van der Waals surface area contributed by atoms with Crippen molar-refractivity contribution in [1.29, 1.82) is 0 Å². The molecule has 2 N–H and O–H groups in total. The summed E-state index contributed by atoms with van der Waals surface area (Å²) in [4.78, 5) is 0. The minimum atomic E-state index is -0.223. The number of nitrogens with two attached hydrogens (primary N) is 1. The number of halogens is 2. The van der Waals surface area contributed by atoms with Crippen molar-refractivity contribution in [2.24, 2.45) is 5.73 Å². The summed E-state index contributed by atoms with van der Waals surface area (Å²) in [5, 5.41) is 0. The Morgan fingerprint density at radius 3 is 2.40 bits per heavy atom. The molecule has 20 heavy (non-hydrogen) atoms. The molecule has 0 saturated heterocycles. The number of ether oxygens (including phenoxy) is 2. The molecule has 106 valence electrons. The topological polar surface area (TPSA) is 44.5 Å². The van der Waals surface area contributed by atoms with E-state index in [-0.39, 0.29) is 6.04 Å². The summed E-state index contributed by atoms with van der Waals surface area (Å²) in [5.74, 6) is 1.38. The Hall–Kier alpha value is -0.790. The molecule has 5 heteroatoms. The maximum absolute atomic E-state index is 6.37. The van der Waals surface area contributed by atoms with Crippen molar-refractivity contribution in [3.05, 3.63) is 55.6 Å². The highest BCUT2D eigenvalue weighted by molar-refractivity contribution is 14.1. The van der Waals surface area contributed by atoms with Gasteiger partial charge in [-0.2, -0.15) is 0 Å². The van der Waals surface area contributed by atoms with E-state index in [0.717, 1.165) is 19.2 Å². The first-order chi connectivity index (χ1) is 9.56. The van der Waals surface area contributed by atoms with Gasteiger partial charge < -0.3 is 15.2 Å². The zero-order valence-electron chi connectivity index (χ0n) is 11.2. The summed E-state index contributed by atoms with van der Waals surface area (Å²) in [5.41, 5.74) is 8.39. The standard InChI is InChI=1S/C15H15BrINO2/c1-19-13-6-3-9(7-14(13)20-2)15(18)11-8-10(17)4-5-12(11)16/h3-8,15H,18H2,1-2H3. The summed E-state index contributed by atoms with van der Waals surface area (Å²) in [6.45, 7) is 0. The van der Waals surface area contributed by atoms with E-state index in [1.807, 2.05) is 30.3 Å². The fourth-order valence-corrected chi connectivity index (χ4v) is 2.99. The first kappa shape index (κ1) is 15.6. The molecule has 2 aromatic rings. The molecule has 2 aromatic carbocycles. The first-order valence-electron chi connectivity index (χ1n) is 5.99. The predicted octanol–water partition coefficient (Wildman–Crippen LogP) is 4.12. The van der Waals surface area contributed by atoms with Gasteiger partial charge in [0, 0.05) is 8.04 Å². The van der Waals surface area contributed by atoms with Gasteiger partial charge in [0.15, 0.2) is 11.5 Å². The second-order valence-electron chi connectivity index (χ2n) is 4.26. The highest BCUT2D eigenvalue weighted by atomic mass is 127. The van der Waals surface area contributed by atoms with Crippen LogP contribution in [0.5, 0.6) is 11.5 Å². The van der Waals surface area contributed by atoms with Crippen LogP contribution in [0.4, 0.5) is 0 Å². The number of hydrogen-bond acceptors (Lipinski definition) is 3. The largest absolute Gasteiger partial charge is 0.493 e. The molecule has 3 nitrogen and oxygen atoms in total. The zero-order chi connectivity index (χ0) is 14.7. The Kier molecular flexibility index (Phi) is 5.29. The maximum Gasteiger partial charge on any atom is 0.161 e. The SMILES string of the molecule is COc1ccc(C(N)c2cc(I)ccc2Br)cc1OC. The van der Waals surface area contributed by atoms with Crippen LogP contribution in [0.2, 0.25) is 0 Å². The lowest BCUT2D eigenvalue weighted by Gasteiger charge is -2.17. The second-order valence-corrected chi connectivity index (χ2v) is 6.36. The van der Waals surface area contributed by atoms with Crippen LogP contribution in [0.1, 0.15) is 17.2 Å². The van der Waals surface area contributed by atoms with Gasteiger partial charge in [0.25, 0.3) is 0 Å². The summed E-state index contributed by atoms with van der Waals surface area (Å²) in [7, 11) is 3.24. The van der Waals surface area contributed by atoms with Crippen LogP contribution in [-0.2, 0) is 0 Å². The van der Waals surface area contributed by atoms with Crippen molar-refractivity contribution < 1.29 is 9.47 Å². The molecular formula is C15H15BrINO2. The summed E-state index contributed by atoms with van der Waals surface area (Å²) in [6.07, 6.45) is 0. The van der Waals surface area contributed by atoms with Gasteiger partial charge in [-0.25, -0.2) is 0 Å². The Balaban J connectivity index is 2.42. The second kappa shape index (κ2) is 6.78. The monoisotopic (exact) mass is 447 g/mol. The Morgan fingerprint density at radius 2 is 1.75 bits per heavy atom. The van der Waals surface area contributed by atoms with Gasteiger partial charge in [-0.15, -0.1) is 0 Å². The van der Waals surface area contributed by atoms with E-state index in [4.69, 9.17) is 15.2 Å². The van der Waals surface area contributed by atoms with Gasteiger partial charge in [0.05, 0.1) is 20.3 Å². The molecule has 0 heterocycles. The zero-order valence-corrected chi connectivity index (χ0v) is 14.9. The van der Waals surface area contributed by atoms with E-state index in [1.165, 1.54) is 0 Å². The number of rotatable bonds is 4. The van der Waals surface area contributed by atoms with Gasteiger partial charge in [-0.3, -0.25) is 0 Å². The minimum Gasteiger partial charge on any atom is -0.493 e. The predicted molar refractivity (Wildman–Crippen MR) is 92.4 cm³/mol. The normalized spacial score (nSPS) is 12.1. The maximum atomic E-state index is 6.37. The summed E-state index contributed by atoms with van der Waals surface area (Å²) < 4.78 is 12.7. The van der Waals surface area contributed by atoms with E-state index in [9.17, 15) is 0 Å². The van der Waals surface area contributed by atoms with Crippen molar-refractivity contribution in [3.63, 3.8) is 0 Å². The molecule has 0 spiro atoms.